The highest BCUT2D eigenvalue weighted by molar-refractivity contribution is 5.03. The number of likely N-dealkylation sites (tertiary alicyclic amines) is 1. The van der Waals surface area contributed by atoms with Crippen LogP contribution in [0.15, 0.2) is 0 Å². The third-order valence-electron chi connectivity index (χ3n) is 5.24. The summed E-state index contributed by atoms with van der Waals surface area (Å²) in [5.41, 5.74) is 0.328. The van der Waals surface area contributed by atoms with Crippen molar-refractivity contribution in [3.63, 3.8) is 0 Å². The van der Waals surface area contributed by atoms with Crippen molar-refractivity contribution in [1.29, 1.82) is 0 Å². The summed E-state index contributed by atoms with van der Waals surface area (Å²) in [5.74, 6) is 8.00. The molecule has 2 fully saturated rings. The third kappa shape index (κ3) is 6.45. The summed E-state index contributed by atoms with van der Waals surface area (Å²) in [6.07, 6.45) is 2.70. The van der Waals surface area contributed by atoms with Gasteiger partial charge in [0.1, 0.15) is 0 Å². The van der Waals surface area contributed by atoms with E-state index in [0.29, 0.717) is 11.5 Å². The van der Waals surface area contributed by atoms with Gasteiger partial charge in [-0.15, -0.1) is 0 Å². The molecule has 2 saturated heterocycles. The van der Waals surface area contributed by atoms with Crippen molar-refractivity contribution < 1.29 is 0 Å². The van der Waals surface area contributed by atoms with Crippen LogP contribution in [0.1, 0.15) is 47.5 Å². The van der Waals surface area contributed by atoms with Crippen molar-refractivity contribution >= 4 is 0 Å². The van der Waals surface area contributed by atoms with Gasteiger partial charge < -0.3 is 4.90 Å². The summed E-state index contributed by atoms with van der Waals surface area (Å²) < 4.78 is 0. The molecule has 0 spiro atoms. The van der Waals surface area contributed by atoms with Crippen molar-refractivity contribution in [2.75, 3.05) is 52.4 Å². The maximum absolute atomic E-state index is 3.33. The fraction of sp³-hybridized carbons (Fsp3) is 0.900. The Kier molecular flexibility index (Phi) is 6.95. The second kappa shape index (κ2) is 8.51. The van der Waals surface area contributed by atoms with E-state index in [4.69, 9.17) is 0 Å². The van der Waals surface area contributed by atoms with E-state index in [-0.39, 0.29) is 0 Å². The summed E-state index contributed by atoms with van der Waals surface area (Å²) in [6, 6.07) is 0. The van der Waals surface area contributed by atoms with Gasteiger partial charge in [0, 0.05) is 44.2 Å². The van der Waals surface area contributed by atoms with Gasteiger partial charge in [-0.2, -0.15) is 0 Å². The Bertz CT molecular complexity index is 397. The van der Waals surface area contributed by atoms with Crippen LogP contribution in [0.2, 0.25) is 0 Å². The molecule has 0 bridgehead atoms. The smallest absolute Gasteiger partial charge is 0.0601 e. The zero-order valence-electron chi connectivity index (χ0n) is 16.1. The molecular weight excluding hydrogens is 282 g/mol. The molecule has 0 aliphatic carbocycles. The van der Waals surface area contributed by atoms with Gasteiger partial charge in [-0.1, -0.05) is 25.7 Å². The van der Waals surface area contributed by atoms with E-state index in [1.54, 1.807) is 0 Å². The minimum Gasteiger partial charge on any atom is -0.301 e. The highest BCUT2D eigenvalue weighted by atomic mass is 15.3. The zero-order valence-corrected chi connectivity index (χ0v) is 16.1. The molecule has 2 rings (SSSR count). The predicted octanol–water partition coefficient (Wildman–Crippen LogP) is 2.77. The number of hydrogen-bond donors (Lipinski definition) is 0. The monoisotopic (exact) mass is 319 g/mol. The maximum Gasteiger partial charge on any atom is 0.0601 e. The van der Waals surface area contributed by atoms with E-state index in [9.17, 15) is 0 Å². The minimum absolute atomic E-state index is 0.328. The van der Waals surface area contributed by atoms with Gasteiger partial charge in [-0.25, -0.2) is 0 Å². The number of hydrogen-bond acceptors (Lipinski definition) is 3. The van der Waals surface area contributed by atoms with Gasteiger partial charge in [0.2, 0.25) is 0 Å². The van der Waals surface area contributed by atoms with Crippen LogP contribution in [0.25, 0.3) is 0 Å². The van der Waals surface area contributed by atoms with Gasteiger partial charge in [-0.05, 0) is 52.6 Å². The first-order chi connectivity index (χ1) is 10.8. The molecule has 3 nitrogen and oxygen atoms in total. The van der Waals surface area contributed by atoms with Crippen molar-refractivity contribution in [1.82, 2.24) is 14.7 Å². The molecule has 0 saturated carbocycles. The molecule has 0 unspecified atom stereocenters. The van der Waals surface area contributed by atoms with Gasteiger partial charge in [-0.3, -0.25) is 9.80 Å². The second-order valence-corrected chi connectivity index (χ2v) is 8.65. The number of piperazine rings is 1. The molecule has 2 aliphatic heterocycles. The highest BCUT2D eigenvalue weighted by Gasteiger charge is 2.27. The molecule has 0 aromatic rings. The van der Waals surface area contributed by atoms with Crippen LogP contribution >= 0.6 is 0 Å². The third-order valence-corrected chi connectivity index (χ3v) is 5.24. The summed E-state index contributed by atoms with van der Waals surface area (Å²) in [7, 11) is 0. The minimum atomic E-state index is 0.328. The highest BCUT2D eigenvalue weighted by Crippen LogP contribution is 2.21. The topological polar surface area (TPSA) is 9.72 Å². The summed E-state index contributed by atoms with van der Waals surface area (Å²) in [6.45, 7) is 21.0. The van der Waals surface area contributed by atoms with E-state index >= 15 is 0 Å². The summed E-state index contributed by atoms with van der Waals surface area (Å²) in [4.78, 5) is 7.85. The summed E-state index contributed by atoms with van der Waals surface area (Å²) in [5, 5.41) is 0. The van der Waals surface area contributed by atoms with Gasteiger partial charge >= 0.3 is 0 Å². The zero-order chi connectivity index (χ0) is 16.9. The Morgan fingerprint density at radius 1 is 0.913 bits per heavy atom. The molecule has 0 amide bonds. The molecule has 0 atom stereocenters. The Morgan fingerprint density at radius 3 is 2.04 bits per heavy atom. The van der Waals surface area contributed by atoms with E-state index < -0.39 is 0 Å². The largest absolute Gasteiger partial charge is 0.301 e. The molecule has 0 aromatic carbocycles. The van der Waals surface area contributed by atoms with Crippen LogP contribution in [-0.4, -0.2) is 72.6 Å². The molecular formula is C20H37N3. The lowest BCUT2D eigenvalue weighted by molar-refractivity contribution is 0.0486. The number of nitrogens with zero attached hydrogens (tertiary/aromatic N) is 3. The molecule has 2 heterocycles. The van der Waals surface area contributed by atoms with Crippen molar-refractivity contribution in [3.05, 3.63) is 0 Å². The molecule has 2 aliphatic rings. The summed E-state index contributed by atoms with van der Waals surface area (Å²) >= 11 is 0. The van der Waals surface area contributed by atoms with Gasteiger partial charge in [0.25, 0.3) is 0 Å². The lowest BCUT2D eigenvalue weighted by Crippen LogP contribution is -2.54. The first-order valence-corrected chi connectivity index (χ1v) is 9.53. The van der Waals surface area contributed by atoms with E-state index in [1.807, 2.05) is 0 Å². The van der Waals surface area contributed by atoms with Crippen LogP contribution in [0.3, 0.4) is 0 Å². The van der Waals surface area contributed by atoms with Crippen LogP contribution in [0.5, 0.6) is 0 Å². The Balaban J connectivity index is 1.65. The Labute approximate surface area is 144 Å². The molecule has 3 heteroatoms. The van der Waals surface area contributed by atoms with Crippen LogP contribution in [0.4, 0.5) is 0 Å². The average Bonchev–Trinajstić information content (AvgIpc) is 2.48. The lowest BCUT2D eigenvalue weighted by atomic mass is 9.95. The molecule has 23 heavy (non-hydrogen) atoms. The van der Waals surface area contributed by atoms with Crippen LogP contribution < -0.4 is 0 Å². The van der Waals surface area contributed by atoms with Gasteiger partial charge in [0.05, 0.1) is 6.54 Å². The van der Waals surface area contributed by atoms with E-state index in [1.165, 1.54) is 58.7 Å². The number of piperidine rings is 1. The fourth-order valence-electron chi connectivity index (χ4n) is 3.66. The van der Waals surface area contributed by atoms with Crippen LogP contribution in [-0.2, 0) is 0 Å². The fourth-order valence-corrected chi connectivity index (χ4v) is 3.66. The lowest BCUT2D eigenvalue weighted by Gasteiger charge is -2.43. The van der Waals surface area contributed by atoms with E-state index in [0.717, 1.165) is 12.5 Å². The molecule has 132 valence electrons. The predicted molar refractivity (Wildman–Crippen MR) is 99.5 cm³/mol. The average molecular weight is 320 g/mol. The molecule has 0 radical (unpaired) electrons. The molecule has 0 aromatic heterocycles. The quantitative estimate of drug-likeness (QED) is 0.741. The maximum atomic E-state index is 3.33. The Morgan fingerprint density at radius 2 is 1.52 bits per heavy atom. The van der Waals surface area contributed by atoms with E-state index in [2.05, 4.69) is 61.2 Å². The number of rotatable bonds is 3. The van der Waals surface area contributed by atoms with Crippen molar-refractivity contribution in [2.24, 2.45) is 11.8 Å². The standard InChI is InChI=1S/C20H37N3/c1-18(2)7-6-10-21-11-8-19(9-12-21)17-22-13-15-23(16-14-22)20(3,4)5/h18-19H,8-17H2,1-5H3. The first kappa shape index (κ1) is 18.8. The second-order valence-electron chi connectivity index (χ2n) is 8.65. The first-order valence-electron chi connectivity index (χ1n) is 9.53. The normalized spacial score (nSPS) is 23.0. The Hall–Kier alpha value is -0.560. The van der Waals surface area contributed by atoms with Crippen molar-refractivity contribution in [2.45, 2.75) is 53.0 Å². The van der Waals surface area contributed by atoms with Crippen molar-refractivity contribution in [3.8, 4) is 11.8 Å². The van der Waals surface area contributed by atoms with Crippen LogP contribution in [0, 0.1) is 23.7 Å². The SMILES string of the molecule is CC(C)C#CCN1CCC(CN2CCN(C(C)(C)C)CC2)CC1. The van der Waals surface area contributed by atoms with Gasteiger partial charge in [0.15, 0.2) is 0 Å². The molecule has 0 N–H and O–H groups in total.